The van der Waals surface area contributed by atoms with E-state index in [2.05, 4.69) is 15.2 Å². The van der Waals surface area contributed by atoms with E-state index in [1.165, 1.54) is 0 Å². The molecule has 1 aromatic heterocycles. The van der Waals surface area contributed by atoms with Crippen LogP contribution in [0.5, 0.6) is 11.6 Å². The summed E-state index contributed by atoms with van der Waals surface area (Å²) < 4.78 is 11.3. The molecular formula is C24H25N3O3. The van der Waals surface area contributed by atoms with Crippen molar-refractivity contribution in [3.05, 3.63) is 89.6 Å². The number of rotatable bonds is 8. The van der Waals surface area contributed by atoms with Crippen molar-refractivity contribution in [2.75, 3.05) is 20.2 Å². The van der Waals surface area contributed by atoms with Gasteiger partial charge in [-0.3, -0.25) is 9.69 Å². The summed E-state index contributed by atoms with van der Waals surface area (Å²) >= 11 is 0. The van der Waals surface area contributed by atoms with Gasteiger partial charge in [0.2, 0.25) is 5.88 Å². The van der Waals surface area contributed by atoms with E-state index in [9.17, 15) is 4.79 Å². The molecule has 2 aromatic carbocycles. The number of pyridine rings is 1. The Balaban J connectivity index is 1.31. The number of hydrogen-bond acceptors (Lipinski definition) is 5. The number of nitrogens with one attached hydrogen (secondary N) is 1. The third-order valence-corrected chi connectivity index (χ3v) is 5.02. The van der Waals surface area contributed by atoms with Crippen LogP contribution in [0.4, 0.5) is 0 Å². The van der Waals surface area contributed by atoms with Gasteiger partial charge in [-0.25, -0.2) is 4.98 Å². The highest BCUT2D eigenvalue weighted by Gasteiger charge is 2.29. The van der Waals surface area contributed by atoms with Crippen molar-refractivity contribution in [1.29, 1.82) is 0 Å². The molecule has 3 aromatic rings. The van der Waals surface area contributed by atoms with Gasteiger partial charge in [0.25, 0.3) is 5.91 Å². The molecule has 0 radical (unpaired) electrons. The molecule has 0 saturated carbocycles. The van der Waals surface area contributed by atoms with Crippen molar-refractivity contribution in [2.24, 2.45) is 0 Å². The van der Waals surface area contributed by atoms with E-state index >= 15 is 0 Å². The molecule has 6 nitrogen and oxygen atoms in total. The molecule has 1 saturated heterocycles. The average Bonchev–Trinajstić information content (AvgIpc) is 2.77. The minimum Gasteiger partial charge on any atom is -0.487 e. The first-order valence-electron chi connectivity index (χ1n) is 10.0. The third kappa shape index (κ3) is 4.96. The van der Waals surface area contributed by atoms with Crippen LogP contribution in [0.1, 0.15) is 21.6 Å². The molecule has 0 spiro atoms. The highest BCUT2D eigenvalue weighted by atomic mass is 16.5. The monoisotopic (exact) mass is 403 g/mol. The van der Waals surface area contributed by atoms with Gasteiger partial charge in [0, 0.05) is 32.2 Å². The maximum atomic E-state index is 12.7. The van der Waals surface area contributed by atoms with Gasteiger partial charge in [0.05, 0.1) is 18.4 Å². The summed E-state index contributed by atoms with van der Waals surface area (Å²) in [5.74, 6) is 1.11. The van der Waals surface area contributed by atoms with Crippen LogP contribution >= 0.6 is 0 Å². The van der Waals surface area contributed by atoms with Crippen molar-refractivity contribution in [2.45, 2.75) is 19.2 Å². The van der Waals surface area contributed by atoms with Gasteiger partial charge in [-0.05, 0) is 23.8 Å². The number of para-hydroxylation sites is 1. The van der Waals surface area contributed by atoms with Crippen molar-refractivity contribution in [3.8, 4) is 11.6 Å². The first-order valence-corrected chi connectivity index (χ1v) is 10.0. The van der Waals surface area contributed by atoms with Gasteiger partial charge in [0.1, 0.15) is 11.9 Å². The summed E-state index contributed by atoms with van der Waals surface area (Å²) in [5, 5.41) is 2.97. The van der Waals surface area contributed by atoms with Crippen LogP contribution < -0.4 is 14.8 Å². The van der Waals surface area contributed by atoms with Crippen LogP contribution in [-0.2, 0) is 13.1 Å². The standard InChI is InChI=1S/C24H25N3O3/c1-29-23-13-7-10-19(26-23)15-27-16-20(17-27)30-22-12-6-5-11-21(22)24(28)25-14-18-8-3-2-4-9-18/h2-13,20H,14-17H2,1H3,(H,25,28). The molecule has 154 valence electrons. The summed E-state index contributed by atoms with van der Waals surface area (Å²) in [6, 6.07) is 23.0. The Bertz CT molecular complexity index is 988. The van der Waals surface area contributed by atoms with E-state index in [-0.39, 0.29) is 12.0 Å². The topological polar surface area (TPSA) is 63.7 Å². The first kappa shape index (κ1) is 19.9. The van der Waals surface area contributed by atoms with Gasteiger partial charge >= 0.3 is 0 Å². The number of aromatic nitrogens is 1. The summed E-state index contributed by atoms with van der Waals surface area (Å²) in [5.41, 5.74) is 2.58. The fraction of sp³-hybridized carbons (Fsp3) is 0.250. The molecule has 1 aliphatic heterocycles. The van der Waals surface area contributed by atoms with Gasteiger partial charge < -0.3 is 14.8 Å². The van der Waals surface area contributed by atoms with Crippen LogP contribution in [0.25, 0.3) is 0 Å². The van der Waals surface area contributed by atoms with Gasteiger partial charge in [0.15, 0.2) is 0 Å². The second-order valence-corrected chi connectivity index (χ2v) is 7.27. The van der Waals surface area contributed by atoms with Crippen LogP contribution in [0, 0.1) is 0 Å². The fourth-order valence-corrected chi connectivity index (χ4v) is 3.42. The Hall–Kier alpha value is -3.38. The zero-order chi connectivity index (χ0) is 20.8. The number of nitrogens with zero attached hydrogens (tertiary/aromatic N) is 2. The first-order chi connectivity index (χ1) is 14.7. The van der Waals surface area contributed by atoms with Crippen molar-refractivity contribution in [3.63, 3.8) is 0 Å². The molecule has 1 aliphatic rings. The second kappa shape index (κ2) is 9.41. The highest BCUT2D eigenvalue weighted by Crippen LogP contribution is 2.24. The largest absolute Gasteiger partial charge is 0.487 e. The minimum absolute atomic E-state index is 0.0543. The predicted octanol–water partition coefficient (Wildman–Crippen LogP) is 3.28. The molecule has 0 unspecified atom stereocenters. The quantitative estimate of drug-likeness (QED) is 0.625. The van der Waals surface area contributed by atoms with E-state index < -0.39 is 0 Å². The van der Waals surface area contributed by atoms with E-state index in [1.807, 2.05) is 66.7 Å². The molecule has 6 heteroatoms. The molecule has 30 heavy (non-hydrogen) atoms. The molecule has 1 fully saturated rings. The lowest BCUT2D eigenvalue weighted by Crippen LogP contribution is -2.53. The lowest BCUT2D eigenvalue weighted by molar-refractivity contribution is 0.0132. The van der Waals surface area contributed by atoms with Crippen LogP contribution in [0.3, 0.4) is 0 Å². The van der Waals surface area contributed by atoms with Gasteiger partial charge in [-0.15, -0.1) is 0 Å². The number of ether oxygens (including phenoxy) is 2. The smallest absolute Gasteiger partial charge is 0.255 e. The minimum atomic E-state index is -0.133. The highest BCUT2D eigenvalue weighted by molar-refractivity contribution is 5.96. The number of benzene rings is 2. The molecule has 2 heterocycles. The number of likely N-dealkylation sites (tertiary alicyclic amines) is 1. The lowest BCUT2D eigenvalue weighted by atomic mass is 10.1. The number of carbonyl (C=O) groups is 1. The van der Waals surface area contributed by atoms with Crippen molar-refractivity contribution < 1.29 is 14.3 Å². The van der Waals surface area contributed by atoms with Crippen LogP contribution in [0.2, 0.25) is 0 Å². The summed E-state index contributed by atoms with van der Waals surface area (Å²) in [6.45, 7) is 2.81. The molecule has 4 rings (SSSR count). The van der Waals surface area contributed by atoms with E-state index in [1.54, 1.807) is 13.2 Å². The van der Waals surface area contributed by atoms with Gasteiger partial charge in [-0.1, -0.05) is 48.5 Å². The zero-order valence-electron chi connectivity index (χ0n) is 17.0. The van der Waals surface area contributed by atoms with E-state index in [4.69, 9.17) is 9.47 Å². The average molecular weight is 403 g/mol. The predicted molar refractivity (Wildman–Crippen MR) is 115 cm³/mol. The van der Waals surface area contributed by atoms with Crippen molar-refractivity contribution in [1.82, 2.24) is 15.2 Å². The van der Waals surface area contributed by atoms with Crippen LogP contribution in [0.15, 0.2) is 72.8 Å². The number of hydrogen-bond donors (Lipinski definition) is 1. The number of amides is 1. The van der Waals surface area contributed by atoms with E-state index in [0.717, 1.165) is 30.9 Å². The number of methoxy groups -OCH3 is 1. The second-order valence-electron chi connectivity index (χ2n) is 7.27. The third-order valence-electron chi connectivity index (χ3n) is 5.02. The van der Waals surface area contributed by atoms with E-state index in [0.29, 0.717) is 23.7 Å². The van der Waals surface area contributed by atoms with Crippen LogP contribution in [-0.4, -0.2) is 42.1 Å². The lowest BCUT2D eigenvalue weighted by Gasteiger charge is -2.39. The Labute approximate surface area is 176 Å². The maximum Gasteiger partial charge on any atom is 0.255 e. The normalized spacial score (nSPS) is 14.0. The molecule has 1 N–H and O–H groups in total. The molecule has 0 atom stereocenters. The summed E-state index contributed by atoms with van der Waals surface area (Å²) in [4.78, 5) is 19.4. The Morgan fingerprint density at radius 1 is 1.03 bits per heavy atom. The number of carbonyl (C=O) groups excluding carboxylic acids is 1. The Morgan fingerprint density at radius 3 is 2.60 bits per heavy atom. The van der Waals surface area contributed by atoms with Crippen molar-refractivity contribution >= 4 is 5.91 Å². The molecule has 0 aliphatic carbocycles. The maximum absolute atomic E-state index is 12.7. The van der Waals surface area contributed by atoms with Gasteiger partial charge in [-0.2, -0.15) is 0 Å². The Kier molecular flexibility index (Phi) is 6.25. The fourth-order valence-electron chi connectivity index (χ4n) is 3.42. The Morgan fingerprint density at radius 2 is 1.80 bits per heavy atom. The molecular weight excluding hydrogens is 378 g/mol. The molecule has 1 amide bonds. The summed E-state index contributed by atoms with van der Waals surface area (Å²) in [6.07, 6.45) is 0.0543. The molecule has 0 bridgehead atoms. The zero-order valence-corrected chi connectivity index (χ0v) is 17.0. The summed E-state index contributed by atoms with van der Waals surface area (Å²) in [7, 11) is 1.62. The SMILES string of the molecule is COc1cccc(CN2CC(Oc3ccccc3C(=O)NCc3ccccc3)C2)n1.